The van der Waals surface area contributed by atoms with E-state index in [2.05, 4.69) is 22.2 Å². The van der Waals surface area contributed by atoms with Crippen LogP contribution in [-0.2, 0) is 60.7 Å². The Balaban J connectivity index is 0.000000278. The minimum Gasteiger partial charge on any atom is -0.348 e. The standard InChI is InChI=1S/C25H23Cl2N3O4.H7O16P5/c1-12-11-30(23(33)29-22(12)32)25(8-7-13(2)34-25)14-5-6-17-15(9-14)24(3,4)19-18(28-17)10-16(26)21(31)20(19)27;1-17(2,3)13-19(7,8)15-21(11,12)16-20(9,10)14-18(4,5)6/h5-6,9-11,13H,7-8H2,1-4H3,(H,29,32,33);(H,7,8)(H,9,10)(H,11,12)(H2,1,2,3)(H2,4,5,6)/t13-,25+;/m1./s1. The predicted octanol–water partition coefficient (Wildman–Crippen LogP) is 3.85. The van der Waals surface area contributed by atoms with Gasteiger partial charge < -0.3 is 39.0 Å². The molecule has 1 aromatic carbocycles. The molecule has 0 radical (unpaired) electrons. The summed E-state index contributed by atoms with van der Waals surface area (Å²) >= 11 is 12.6. The fourth-order valence-electron chi connectivity index (χ4n) is 5.70. The maximum atomic E-state index is 12.9. The number of carbonyl (C=O) groups is 1. The van der Waals surface area contributed by atoms with Crippen molar-refractivity contribution in [3.63, 3.8) is 0 Å². The second kappa shape index (κ2) is 15.6. The summed E-state index contributed by atoms with van der Waals surface area (Å²) in [5.41, 5.74) is 1.19. The highest BCUT2D eigenvalue weighted by Crippen LogP contribution is 2.72. The van der Waals surface area contributed by atoms with Crippen molar-refractivity contribution in [3.8, 4) is 0 Å². The number of aryl methyl sites for hydroxylation is 1. The SMILES string of the molecule is Cc1cn([C@@]2(c3ccc4c(c3)C(C)(C)C3=C(Cl)C(=O)C(Cl)=CC3=N4)CC[C@@H](C)O2)c(=O)[nH]c1=O.O=P(O)(O)OP(=O)(O)OP(=O)(O)OP(=O)(O)OP(=O)(O)O. The lowest BCUT2D eigenvalue weighted by Gasteiger charge is -2.38. The third kappa shape index (κ3) is 10.7. The molecular formula is C25H30Cl2N3O20P5. The molecule has 2 unspecified atom stereocenters. The van der Waals surface area contributed by atoms with Crippen LogP contribution in [0.1, 0.15) is 50.3 Å². The molecule has 5 rings (SSSR count). The maximum absolute atomic E-state index is 12.9. The first-order chi connectivity index (χ1) is 24.8. The molecule has 3 aliphatic rings. The number of ketones is 1. The second-order valence-electron chi connectivity index (χ2n) is 12.3. The number of benzene rings is 1. The van der Waals surface area contributed by atoms with E-state index in [4.69, 9.17) is 67.2 Å². The van der Waals surface area contributed by atoms with E-state index in [1.54, 1.807) is 19.2 Å². The topological polar surface area (TPSA) is 357 Å². The molecule has 3 heterocycles. The molecule has 2 aliphatic heterocycles. The zero-order valence-corrected chi connectivity index (χ0v) is 34.2. The molecule has 1 aromatic heterocycles. The Labute approximate surface area is 318 Å². The first kappa shape index (κ1) is 45.7. The first-order valence-corrected chi connectivity index (χ1v) is 23.1. The predicted molar refractivity (Wildman–Crippen MR) is 189 cm³/mol. The number of allylic oxidation sites excluding steroid dienone is 4. The summed E-state index contributed by atoms with van der Waals surface area (Å²) in [6.07, 6.45) is 4.30. The van der Waals surface area contributed by atoms with E-state index in [1.807, 2.05) is 39.0 Å². The van der Waals surface area contributed by atoms with E-state index in [1.165, 1.54) is 4.57 Å². The van der Waals surface area contributed by atoms with Crippen LogP contribution in [0, 0.1) is 6.92 Å². The van der Waals surface area contributed by atoms with Gasteiger partial charge in [-0.2, -0.15) is 17.2 Å². The fourth-order valence-corrected chi connectivity index (χ4v) is 11.8. The molecule has 1 fully saturated rings. The monoisotopic (exact) mass is 917 g/mol. The van der Waals surface area contributed by atoms with Gasteiger partial charge >= 0.3 is 44.8 Å². The summed E-state index contributed by atoms with van der Waals surface area (Å²) in [5, 5.41) is 0.0868. The van der Waals surface area contributed by atoms with Gasteiger partial charge in [0.25, 0.3) is 5.56 Å². The van der Waals surface area contributed by atoms with Gasteiger partial charge in [0.1, 0.15) is 0 Å². The number of aromatic nitrogens is 2. The van der Waals surface area contributed by atoms with E-state index in [-0.39, 0.29) is 16.2 Å². The van der Waals surface area contributed by atoms with Crippen LogP contribution in [0.15, 0.2) is 60.7 Å². The molecule has 30 heteroatoms. The summed E-state index contributed by atoms with van der Waals surface area (Å²) in [6.45, 7) is 7.56. The lowest BCUT2D eigenvalue weighted by atomic mass is 9.70. The van der Waals surface area contributed by atoms with E-state index >= 15 is 0 Å². The van der Waals surface area contributed by atoms with Gasteiger partial charge in [-0.1, -0.05) is 43.1 Å². The van der Waals surface area contributed by atoms with Crippen molar-refractivity contribution >= 4 is 79.5 Å². The van der Waals surface area contributed by atoms with Crippen LogP contribution in [0.5, 0.6) is 0 Å². The van der Waals surface area contributed by atoms with Gasteiger partial charge in [-0.25, -0.2) is 32.6 Å². The molecule has 55 heavy (non-hydrogen) atoms. The average Bonchev–Trinajstić information content (AvgIpc) is 3.36. The van der Waals surface area contributed by atoms with E-state index in [0.717, 1.165) is 23.2 Å². The third-order valence-electron chi connectivity index (χ3n) is 7.77. The van der Waals surface area contributed by atoms with Gasteiger partial charge in [0.05, 0.1) is 27.6 Å². The Kier molecular flexibility index (Phi) is 13.0. The van der Waals surface area contributed by atoms with Crippen LogP contribution >= 0.6 is 62.3 Å². The van der Waals surface area contributed by atoms with Gasteiger partial charge in [0.2, 0.25) is 5.78 Å². The number of nitrogens with zero attached hydrogens (tertiary/aromatic N) is 2. The average molecular weight is 918 g/mol. The Morgan fingerprint density at radius 2 is 1.42 bits per heavy atom. The van der Waals surface area contributed by atoms with Crippen molar-refractivity contribution in [2.24, 2.45) is 4.99 Å². The number of halogens is 2. The van der Waals surface area contributed by atoms with Crippen LogP contribution in [0.2, 0.25) is 0 Å². The Bertz CT molecular complexity index is 2360. The number of hydrogen-bond acceptors (Lipinski definition) is 14. The number of H-pyrrole nitrogens is 1. The second-order valence-corrected chi connectivity index (χ2v) is 20.4. The zero-order valence-electron chi connectivity index (χ0n) is 28.2. The number of rotatable bonds is 10. The lowest BCUT2D eigenvalue weighted by molar-refractivity contribution is -0.111. The molecule has 0 bridgehead atoms. The molecule has 0 spiro atoms. The van der Waals surface area contributed by atoms with Gasteiger partial charge in [0, 0.05) is 34.7 Å². The highest BCUT2D eigenvalue weighted by Gasteiger charge is 2.48. The van der Waals surface area contributed by atoms with Gasteiger partial charge in [-0.3, -0.25) is 19.1 Å². The number of fused-ring (bicyclic) bond motifs is 2. The first-order valence-electron chi connectivity index (χ1n) is 14.8. The van der Waals surface area contributed by atoms with Gasteiger partial charge in [-0.15, -0.1) is 0 Å². The number of carbonyl (C=O) groups excluding carboxylic acids is 1. The van der Waals surface area contributed by atoms with Crippen LogP contribution in [0.3, 0.4) is 0 Å². The number of Topliss-reactive ketones (excluding diaryl/α,β-unsaturated/α-hetero) is 1. The minimum atomic E-state index is -6.07. The molecule has 8 N–H and O–H groups in total. The van der Waals surface area contributed by atoms with Crippen LogP contribution in [-0.4, -0.2) is 61.4 Å². The number of aliphatic imine (C=N–C) groups is 1. The van der Waals surface area contributed by atoms with Crippen molar-refractivity contribution in [2.75, 3.05) is 0 Å². The van der Waals surface area contributed by atoms with Gasteiger partial charge in [0.15, 0.2) is 5.72 Å². The number of aromatic amines is 1. The summed E-state index contributed by atoms with van der Waals surface area (Å²) in [4.78, 5) is 103. The summed E-state index contributed by atoms with van der Waals surface area (Å²) in [6, 6.07) is 5.72. The molecule has 23 nitrogen and oxygen atoms in total. The number of phosphoric acid groups is 5. The molecule has 0 saturated carbocycles. The molecule has 2 aromatic rings. The Morgan fingerprint density at radius 3 is 1.91 bits per heavy atom. The summed E-state index contributed by atoms with van der Waals surface area (Å²) in [7, 11) is -29.3. The highest BCUT2D eigenvalue weighted by atomic mass is 35.5. The van der Waals surface area contributed by atoms with Crippen molar-refractivity contribution in [2.45, 2.75) is 57.8 Å². The fraction of sp³-hybridized carbons (Fsp3) is 0.360. The van der Waals surface area contributed by atoms with Crippen molar-refractivity contribution in [1.82, 2.24) is 9.55 Å². The minimum absolute atomic E-state index is 0.0310. The van der Waals surface area contributed by atoms with E-state index < -0.39 is 67.3 Å². The largest absolute Gasteiger partial charge is 0.490 e. The van der Waals surface area contributed by atoms with Crippen LogP contribution < -0.4 is 11.2 Å². The van der Waals surface area contributed by atoms with E-state index in [0.29, 0.717) is 23.3 Å². The number of nitrogens with one attached hydrogen (secondary N) is 1. The quantitative estimate of drug-likeness (QED) is 0.124. The molecule has 4 atom stereocenters. The normalized spacial score (nSPS) is 24.2. The van der Waals surface area contributed by atoms with Crippen molar-refractivity contribution in [1.29, 1.82) is 0 Å². The molecular weight excluding hydrogens is 888 g/mol. The molecule has 304 valence electrons. The molecule has 1 saturated heterocycles. The smallest absolute Gasteiger partial charge is 0.348 e. The zero-order chi connectivity index (χ0) is 41.9. The van der Waals surface area contributed by atoms with E-state index in [9.17, 15) is 37.2 Å². The molecule has 1 aliphatic carbocycles. The Hall–Kier alpha value is -2.03. The summed E-state index contributed by atoms with van der Waals surface area (Å²) in [5.74, 6) is -0.426. The highest BCUT2D eigenvalue weighted by molar-refractivity contribution is 7.71. The lowest BCUT2D eigenvalue weighted by Crippen LogP contribution is -2.45. The number of hydrogen-bond donors (Lipinski definition) is 8. The molecule has 0 amide bonds. The van der Waals surface area contributed by atoms with Crippen LogP contribution in [0.4, 0.5) is 5.69 Å². The van der Waals surface area contributed by atoms with Crippen LogP contribution in [0.25, 0.3) is 0 Å². The third-order valence-corrected chi connectivity index (χ3v) is 15.1. The van der Waals surface area contributed by atoms with Crippen molar-refractivity contribution < 1.29 is 83.9 Å². The Morgan fingerprint density at radius 1 is 0.891 bits per heavy atom. The maximum Gasteiger partial charge on any atom is 0.490 e. The summed E-state index contributed by atoms with van der Waals surface area (Å²) < 4.78 is 73.5. The number of ether oxygens (including phenoxy) is 1. The van der Waals surface area contributed by atoms with Crippen molar-refractivity contribution in [3.05, 3.63) is 83.6 Å². The van der Waals surface area contributed by atoms with Gasteiger partial charge in [-0.05, 0) is 44.0 Å².